The van der Waals surface area contributed by atoms with Crippen LogP contribution in [0.1, 0.15) is 17.5 Å². The van der Waals surface area contributed by atoms with Gasteiger partial charge in [0.25, 0.3) is 0 Å². The van der Waals surface area contributed by atoms with Crippen molar-refractivity contribution < 1.29 is 0 Å². The lowest BCUT2D eigenvalue weighted by atomic mass is 9.69. The van der Waals surface area contributed by atoms with Crippen LogP contribution >= 0.6 is 0 Å². The first kappa shape index (κ1) is 17.2. The van der Waals surface area contributed by atoms with Gasteiger partial charge in [-0.05, 0) is 74.1 Å². The van der Waals surface area contributed by atoms with Gasteiger partial charge in [-0.1, -0.05) is 97.1 Å². The maximum absolute atomic E-state index is 2.39. The van der Waals surface area contributed by atoms with E-state index in [1.54, 1.807) is 0 Å². The zero-order valence-electron chi connectivity index (χ0n) is 16.8. The fraction of sp³-hybridized carbons (Fsp3) is 0.0667. The Kier molecular flexibility index (Phi) is 3.86. The summed E-state index contributed by atoms with van der Waals surface area (Å²) >= 11 is 0. The van der Waals surface area contributed by atoms with Gasteiger partial charge in [-0.2, -0.15) is 0 Å². The molecule has 0 saturated heterocycles. The molecule has 0 bridgehead atoms. The average molecular weight is 383 g/mol. The molecule has 0 amide bonds. The molecular formula is C30H22. The monoisotopic (exact) mass is 382 g/mol. The third-order valence-corrected chi connectivity index (χ3v) is 6.54. The highest BCUT2D eigenvalue weighted by molar-refractivity contribution is 6.05. The fourth-order valence-electron chi connectivity index (χ4n) is 5.03. The van der Waals surface area contributed by atoms with Crippen LogP contribution in [0.2, 0.25) is 0 Å². The third-order valence-electron chi connectivity index (χ3n) is 6.54. The maximum atomic E-state index is 2.39. The average Bonchev–Trinajstić information content (AvgIpc) is 2.82. The highest BCUT2D eigenvalue weighted by Gasteiger charge is 2.32. The van der Waals surface area contributed by atoms with Gasteiger partial charge in [0.05, 0.1) is 0 Å². The Hall–Kier alpha value is -3.64. The van der Waals surface area contributed by atoms with Gasteiger partial charge in [0.15, 0.2) is 0 Å². The summed E-state index contributed by atoms with van der Waals surface area (Å²) in [7, 11) is 0. The van der Waals surface area contributed by atoms with E-state index in [-0.39, 0.29) is 5.41 Å². The van der Waals surface area contributed by atoms with E-state index in [0.717, 1.165) is 6.42 Å². The van der Waals surface area contributed by atoms with Crippen LogP contribution in [0.5, 0.6) is 0 Å². The lowest BCUT2D eigenvalue weighted by Crippen LogP contribution is -2.26. The molecule has 5 aromatic rings. The van der Waals surface area contributed by atoms with Gasteiger partial charge >= 0.3 is 0 Å². The Bertz CT molecular complexity index is 1450. The molecule has 0 radical (unpaired) electrons. The molecule has 142 valence electrons. The molecule has 0 saturated carbocycles. The van der Waals surface area contributed by atoms with Gasteiger partial charge in [-0.25, -0.2) is 0 Å². The van der Waals surface area contributed by atoms with E-state index in [0.29, 0.717) is 0 Å². The van der Waals surface area contributed by atoms with Crippen LogP contribution in [0.25, 0.3) is 32.3 Å². The van der Waals surface area contributed by atoms with Crippen molar-refractivity contribution in [2.24, 2.45) is 0 Å². The highest BCUT2D eigenvalue weighted by atomic mass is 14.3. The summed E-state index contributed by atoms with van der Waals surface area (Å²) in [6.45, 7) is 0. The van der Waals surface area contributed by atoms with Gasteiger partial charge in [-0.15, -0.1) is 0 Å². The summed E-state index contributed by atoms with van der Waals surface area (Å²) in [6, 6.07) is 35.7. The smallest absolute Gasteiger partial charge is 0.0425 e. The minimum Gasteiger partial charge on any atom is -0.0830 e. The van der Waals surface area contributed by atoms with E-state index >= 15 is 0 Å². The van der Waals surface area contributed by atoms with E-state index in [9.17, 15) is 0 Å². The van der Waals surface area contributed by atoms with E-state index in [4.69, 9.17) is 0 Å². The van der Waals surface area contributed by atoms with Crippen LogP contribution in [0.15, 0.2) is 121 Å². The second-order valence-electron chi connectivity index (χ2n) is 8.25. The number of allylic oxidation sites excluding steroid dienone is 4. The number of rotatable bonds is 2. The predicted molar refractivity (Wildman–Crippen MR) is 129 cm³/mol. The summed E-state index contributed by atoms with van der Waals surface area (Å²) in [6.07, 6.45) is 10.0. The largest absolute Gasteiger partial charge is 0.0830 e. The van der Waals surface area contributed by atoms with Gasteiger partial charge in [0.1, 0.15) is 0 Å². The second kappa shape index (κ2) is 6.71. The Morgan fingerprint density at radius 1 is 0.533 bits per heavy atom. The normalized spacial score (nSPS) is 18.4. The van der Waals surface area contributed by atoms with Crippen molar-refractivity contribution >= 4 is 32.3 Å². The molecule has 0 heterocycles. The molecule has 1 atom stereocenters. The molecular weight excluding hydrogens is 360 g/mol. The summed E-state index contributed by atoms with van der Waals surface area (Å²) in [5.41, 5.74) is 2.58. The predicted octanol–water partition coefficient (Wildman–Crippen LogP) is 7.95. The van der Waals surface area contributed by atoms with Crippen LogP contribution in [0.3, 0.4) is 0 Å². The molecule has 0 spiro atoms. The van der Waals surface area contributed by atoms with E-state index < -0.39 is 0 Å². The molecule has 0 fully saturated rings. The molecule has 6 rings (SSSR count). The molecule has 30 heavy (non-hydrogen) atoms. The molecule has 0 N–H and O–H groups in total. The minimum atomic E-state index is -0.139. The first-order valence-corrected chi connectivity index (χ1v) is 10.6. The van der Waals surface area contributed by atoms with Crippen LogP contribution in [0.4, 0.5) is 0 Å². The van der Waals surface area contributed by atoms with Crippen LogP contribution in [0, 0.1) is 0 Å². The Balaban J connectivity index is 1.67. The van der Waals surface area contributed by atoms with Crippen molar-refractivity contribution in [3.63, 3.8) is 0 Å². The minimum absolute atomic E-state index is 0.139. The third kappa shape index (κ3) is 2.61. The molecule has 1 aliphatic carbocycles. The van der Waals surface area contributed by atoms with Gasteiger partial charge in [0, 0.05) is 5.41 Å². The number of hydrogen-bond donors (Lipinski definition) is 0. The first-order chi connectivity index (χ1) is 14.8. The molecule has 1 unspecified atom stereocenters. The van der Waals surface area contributed by atoms with E-state index in [1.807, 2.05) is 0 Å². The Labute approximate surface area is 176 Å². The quantitative estimate of drug-likeness (QED) is 0.272. The zero-order chi connectivity index (χ0) is 20.0. The standard InChI is InChI=1S/C30H22/c1-3-13-27(14-4-1)30(16-7-2-8-17-30)29-15-9-12-24-20-25-18-22-10-5-6-11-23(22)19-26(25)21-28(24)29/h1-16,18-21H,17H2. The lowest BCUT2D eigenvalue weighted by Gasteiger charge is -2.34. The molecule has 1 aliphatic rings. The Morgan fingerprint density at radius 3 is 1.93 bits per heavy atom. The first-order valence-electron chi connectivity index (χ1n) is 10.6. The second-order valence-corrected chi connectivity index (χ2v) is 8.25. The number of benzene rings is 5. The van der Waals surface area contributed by atoms with Gasteiger partial charge in [-0.3, -0.25) is 0 Å². The summed E-state index contributed by atoms with van der Waals surface area (Å²) in [5, 5.41) is 7.82. The summed E-state index contributed by atoms with van der Waals surface area (Å²) < 4.78 is 0. The van der Waals surface area contributed by atoms with Crippen molar-refractivity contribution in [3.8, 4) is 0 Å². The van der Waals surface area contributed by atoms with E-state index in [1.165, 1.54) is 43.4 Å². The SMILES string of the molecule is C1=CCC(c2ccccc2)(c2cccc3cc4cc5ccccc5cc4cc23)C=C1. The summed E-state index contributed by atoms with van der Waals surface area (Å²) in [5.74, 6) is 0. The van der Waals surface area contributed by atoms with Crippen LogP contribution in [-0.2, 0) is 5.41 Å². The molecule has 5 aromatic carbocycles. The maximum Gasteiger partial charge on any atom is 0.0425 e. The molecule has 0 aromatic heterocycles. The van der Waals surface area contributed by atoms with Gasteiger partial charge in [0.2, 0.25) is 0 Å². The number of fused-ring (bicyclic) bond motifs is 3. The lowest BCUT2D eigenvalue weighted by molar-refractivity contribution is 0.653. The zero-order valence-corrected chi connectivity index (χ0v) is 16.8. The van der Waals surface area contributed by atoms with Crippen molar-refractivity contribution in [2.75, 3.05) is 0 Å². The van der Waals surface area contributed by atoms with Crippen molar-refractivity contribution in [3.05, 3.63) is 132 Å². The topological polar surface area (TPSA) is 0 Å². The summed E-state index contributed by atoms with van der Waals surface area (Å²) in [4.78, 5) is 0. The Morgan fingerprint density at radius 2 is 1.20 bits per heavy atom. The van der Waals surface area contributed by atoms with Crippen molar-refractivity contribution in [2.45, 2.75) is 11.8 Å². The molecule has 0 heteroatoms. The fourth-order valence-corrected chi connectivity index (χ4v) is 5.03. The molecule has 0 nitrogen and oxygen atoms in total. The van der Waals surface area contributed by atoms with Gasteiger partial charge < -0.3 is 0 Å². The van der Waals surface area contributed by atoms with Crippen molar-refractivity contribution in [1.29, 1.82) is 0 Å². The van der Waals surface area contributed by atoms with E-state index in [2.05, 4.69) is 121 Å². The molecule has 0 aliphatic heterocycles. The van der Waals surface area contributed by atoms with Crippen molar-refractivity contribution in [1.82, 2.24) is 0 Å². The number of hydrogen-bond acceptors (Lipinski definition) is 0. The highest BCUT2D eigenvalue weighted by Crippen LogP contribution is 2.43. The van der Waals surface area contributed by atoms with Crippen LogP contribution in [-0.4, -0.2) is 0 Å². The van der Waals surface area contributed by atoms with Crippen LogP contribution < -0.4 is 0 Å².